The number of hydrogen-bond donors (Lipinski definition) is 0. The fourth-order valence-corrected chi connectivity index (χ4v) is 0. The average Bonchev–Trinajstić information content (AvgIpc) is 0.722. The molecule has 0 fully saturated rings. The molecule has 3 radical (unpaired) electrons. The van der Waals surface area contributed by atoms with E-state index in [-0.39, 0.29) is 0 Å². The van der Waals surface area contributed by atoms with Gasteiger partial charge in [-0.05, 0) is 0 Å². The van der Waals surface area contributed by atoms with E-state index in [0.717, 1.165) is 0 Å². The zero-order chi connectivity index (χ0) is 4.50. The predicted molar refractivity (Wildman–Crippen MR) is 41.5 cm³/mol. The Kier molecular flexibility index (Phi) is 6.09. The Bertz CT molecular complexity index is 19.1. The van der Waals surface area contributed by atoms with Crippen LogP contribution in [-0.4, -0.2) is 27.5 Å². The van der Waals surface area contributed by atoms with Crippen LogP contribution in [0.5, 0.6) is 0 Å². The van der Waals surface area contributed by atoms with E-state index in [1.54, 1.807) is 0 Å². The molecule has 5 heavy (non-hydrogen) atoms. The van der Waals surface area contributed by atoms with Crippen LogP contribution in [0.4, 0.5) is 0 Å². The van der Waals surface area contributed by atoms with Gasteiger partial charge in [0.25, 0.3) is 0 Å². The van der Waals surface area contributed by atoms with Crippen LogP contribution in [0.2, 0.25) is 0 Å². The molecule has 0 atom stereocenters. The van der Waals surface area contributed by atoms with Gasteiger partial charge in [0, 0.05) is 0 Å². The summed E-state index contributed by atoms with van der Waals surface area (Å²) in [6, 6.07) is 0. The van der Waals surface area contributed by atoms with Crippen LogP contribution in [-0.2, 0) is 0 Å². The molecule has 0 unspecified atom stereocenters. The summed E-state index contributed by atoms with van der Waals surface area (Å²) < 4.78 is 0. The van der Waals surface area contributed by atoms with Crippen LogP contribution in [0.3, 0.4) is 0 Å². The van der Waals surface area contributed by atoms with Gasteiger partial charge in [-0.1, -0.05) is 0 Å². The van der Waals surface area contributed by atoms with Gasteiger partial charge in [-0.15, -0.1) is 0 Å². The van der Waals surface area contributed by atoms with Crippen LogP contribution < -0.4 is 0 Å². The summed E-state index contributed by atoms with van der Waals surface area (Å²) in [7, 11) is 0. The normalized spacial score (nSPS) is 12.0. The van der Waals surface area contributed by atoms with Crippen molar-refractivity contribution < 1.29 is 0 Å². The van der Waals surface area contributed by atoms with E-state index in [2.05, 4.69) is 26.4 Å². The van der Waals surface area contributed by atoms with Gasteiger partial charge in [0.05, 0.1) is 0 Å². The van der Waals surface area contributed by atoms with Crippen molar-refractivity contribution in [3.05, 3.63) is 0 Å². The van der Waals surface area contributed by atoms with Crippen LogP contribution in [0.15, 0.2) is 0 Å². The van der Waals surface area contributed by atoms with Crippen LogP contribution in [0.25, 0.3) is 0 Å². The third-order valence-electron chi connectivity index (χ3n) is 0. The topological polar surface area (TPSA) is 0 Å². The molecule has 0 N–H and O–H groups in total. The van der Waals surface area contributed by atoms with Crippen molar-refractivity contribution in [3.63, 3.8) is 0 Å². The predicted octanol–water partition coefficient (Wildman–Crippen LogP) is 3.00. The van der Waals surface area contributed by atoms with E-state index >= 15 is 0 Å². The first-order chi connectivity index (χ1) is 2.00. The van der Waals surface area contributed by atoms with Crippen LogP contribution in [0, 0.1) is 0 Å². The molecule has 29 valence electrons. The molecular formula is Br4K. The molecule has 0 aliphatic carbocycles. The van der Waals surface area contributed by atoms with Crippen molar-refractivity contribution in [2.45, 2.75) is 0 Å². The summed E-state index contributed by atoms with van der Waals surface area (Å²) in [5.74, 6) is 0. The molecule has 0 aliphatic rings. The van der Waals surface area contributed by atoms with E-state index in [9.17, 15) is 0 Å². The Balaban J connectivity index is 3.02. The number of rotatable bonds is 0. The quantitative estimate of drug-likeness (QED) is 0.584. The fourth-order valence-electron chi connectivity index (χ4n) is 0. The number of halogens is 4. The van der Waals surface area contributed by atoms with Crippen molar-refractivity contribution in [2.75, 3.05) is 0 Å². The molecule has 0 aliphatic heterocycles. The minimum atomic E-state index is -2.12. The molecule has 0 amide bonds. The third kappa shape index (κ3) is 18.4. The van der Waals surface area contributed by atoms with E-state index < -0.39 is 27.5 Å². The summed E-state index contributed by atoms with van der Waals surface area (Å²) in [4.78, 5) is 0. The summed E-state index contributed by atoms with van der Waals surface area (Å²) in [5, 5.41) is 0. The Morgan fingerprint density at radius 1 is 0.800 bits per heavy atom. The van der Waals surface area contributed by atoms with Gasteiger partial charge in [-0.2, -0.15) is 0 Å². The molecule has 0 aromatic rings. The van der Waals surface area contributed by atoms with Crippen molar-refractivity contribution in [3.8, 4) is 0 Å². The first-order valence-corrected chi connectivity index (χ1v) is 32.4. The van der Waals surface area contributed by atoms with Gasteiger partial charge < -0.3 is 0 Å². The Labute approximate surface area is 50.9 Å². The van der Waals surface area contributed by atoms with Crippen molar-refractivity contribution >= 4 is 53.9 Å². The molecule has 0 rings (SSSR count). The molecule has 5 heteroatoms. The molecule has 0 bridgehead atoms. The van der Waals surface area contributed by atoms with Gasteiger partial charge in [0.1, 0.15) is 0 Å². The average molecular weight is 359 g/mol. The summed E-state index contributed by atoms with van der Waals surface area (Å²) in [6.07, 6.45) is 0. The Morgan fingerprint density at radius 2 is 0.800 bits per heavy atom. The maximum atomic E-state index is 3.36. The second kappa shape index (κ2) is 3.56. The summed E-state index contributed by atoms with van der Waals surface area (Å²) >= 11 is -2.12. The second-order valence-electron chi connectivity index (χ2n) is 0.857. The van der Waals surface area contributed by atoms with E-state index in [1.165, 1.54) is 0 Å². The first kappa shape index (κ1) is 8.56. The molecule has 0 aromatic heterocycles. The standard InChI is InChI=1S/4BrH.K/h4*1H;/q;;;;+4/p-4. The summed E-state index contributed by atoms with van der Waals surface area (Å²) in [5.41, 5.74) is 0. The van der Waals surface area contributed by atoms with Crippen molar-refractivity contribution in [1.82, 2.24) is 0 Å². The molecule has 0 saturated carbocycles. The Morgan fingerprint density at radius 3 is 0.800 bits per heavy atom. The first-order valence-electron chi connectivity index (χ1n) is 1.51. The second-order valence-corrected chi connectivity index (χ2v) is 95.4. The molecular weight excluding hydrogens is 359 g/mol. The van der Waals surface area contributed by atoms with Gasteiger partial charge in [-0.25, -0.2) is 0 Å². The van der Waals surface area contributed by atoms with Crippen LogP contribution in [0.1, 0.15) is 0 Å². The van der Waals surface area contributed by atoms with Gasteiger partial charge in [0.15, 0.2) is 0 Å². The van der Waals surface area contributed by atoms with Crippen molar-refractivity contribution in [1.29, 1.82) is 0 Å². The molecule has 0 spiro atoms. The minimum absolute atomic E-state index is 2.12. The number of hydrogen-bond acceptors (Lipinski definition) is 0. The van der Waals surface area contributed by atoms with E-state index in [0.29, 0.717) is 0 Å². The molecule has 0 saturated heterocycles. The maximum absolute atomic E-state index is 3.36. The van der Waals surface area contributed by atoms with Gasteiger partial charge >= 0.3 is 53.9 Å². The van der Waals surface area contributed by atoms with Gasteiger partial charge in [-0.3, -0.25) is 0 Å². The molecule has 0 nitrogen and oxygen atoms in total. The van der Waals surface area contributed by atoms with E-state index in [1.807, 2.05) is 0 Å². The third-order valence-corrected chi connectivity index (χ3v) is 0. The zero-order valence-electron chi connectivity index (χ0n) is 2.51. The molecule has 0 heterocycles. The van der Waals surface area contributed by atoms with Crippen LogP contribution >= 0.6 is 26.4 Å². The fraction of sp³-hybridized carbons (Fsp3) is 0. The monoisotopic (exact) mass is 355 g/mol. The molecule has 0 aromatic carbocycles. The Hall–Kier alpha value is 3.56. The van der Waals surface area contributed by atoms with Gasteiger partial charge in [0.2, 0.25) is 0 Å². The van der Waals surface area contributed by atoms with E-state index in [4.69, 9.17) is 0 Å². The summed E-state index contributed by atoms with van der Waals surface area (Å²) in [6.45, 7) is 13.4. The van der Waals surface area contributed by atoms with Crippen molar-refractivity contribution in [2.24, 2.45) is 0 Å². The zero-order valence-corrected chi connectivity index (χ0v) is 12.0. The SMILES string of the molecule is [Br][K]([Br])([Br])[Br].